The minimum absolute atomic E-state index is 0.130. The number of carbonyl (C=O) groups excluding carboxylic acids is 1. The first-order chi connectivity index (χ1) is 17.5. The third kappa shape index (κ3) is 5.80. The number of nitriles is 1. The number of morpholine rings is 1. The number of hydrogen-bond acceptors (Lipinski definition) is 5. The summed E-state index contributed by atoms with van der Waals surface area (Å²) in [6, 6.07) is 22.5. The average Bonchev–Trinajstić information content (AvgIpc) is 2.90. The minimum atomic E-state index is -0.213. The Labute approximate surface area is 213 Å². The second kappa shape index (κ2) is 11.9. The second-order valence-corrected chi connectivity index (χ2v) is 9.16. The first-order valence-corrected chi connectivity index (χ1v) is 12.2. The lowest BCUT2D eigenvalue weighted by atomic mass is 9.94. The molecule has 3 aromatic carbocycles. The molecule has 4 rings (SSSR count). The quantitative estimate of drug-likeness (QED) is 0.391. The fraction of sp³-hybridized carbons (Fsp3) is 0.290. The Balaban J connectivity index is 1.65. The molecule has 5 nitrogen and oxygen atoms in total. The lowest BCUT2D eigenvalue weighted by Gasteiger charge is -2.34. The highest BCUT2D eigenvalue weighted by Gasteiger charge is 2.27. The number of aryl methyl sites for hydroxylation is 1. The van der Waals surface area contributed by atoms with E-state index in [0.29, 0.717) is 31.9 Å². The zero-order chi connectivity index (χ0) is 25.5. The maximum atomic E-state index is 12.1. The number of nitrogens with zero attached hydrogens (tertiary/aromatic N) is 2. The van der Waals surface area contributed by atoms with Crippen LogP contribution in [0, 0.1) is 18.3 Å². The van der Waals surface area contributed by atoms with Gasteiger partial charge in [-0.1, -0.05) is 66.7 Å². The van der Waals surface area contributed by atoms with Crippen molar-refractivity contribution in [1.29, 1.82) is 5.26 Å². The molecule has 0 saturated carbocycles. The van der Waals surface area contributed by atoms with Crippen LogP contribution in [0.25, 0.3) is 23.3 Å². The summed E-state index contributed by atoms with van der Waals surface area (Å²) in [6.07, 6.45) is 4.08. The molecular formula is C31H32N2O3. The van der Waals surface area contributed by atoms with Crippen molar-refractivity contribution in [3.05, 3.63) is 94.0 Å². The van der Waals surface area contributed by atoms with E-state index in [-0.39, 0.29) is 11.8 Å². The van der Waals surface area contributed by atoms with E-state index in [0.717, 1.165) is 45.5 Å². The van der Waals surface area contributed by atoms with Crippen molar-refractivity contribution >= 4 is 17.9 Å². The Morgan fingerprint density at radius 1 is 1.11 bits per heavy atom. The van der Waals surface area contributed by atoms with Gasteiger partial charge in [0.25, 0.3) is 0 Å². The fourth-order valence-corrected chi connectivity index (χ4v) is 4.74. The maximum absolute atomic E-state index is 12.1. The fourth-order valence-electron chi connectivity index (χ4n) is 4.74. The molecule has 0 aliphatic carbocycles. The van der Waals surface area contributed by atoms with Crippen molar-refractivity contribution < 1.29 is 14.3 Å². The summed E-state index contributed by atoms with van der Waals surface area (Å²) in [4.78, 5) is 14.3. The molecule has 0 bridgehead atoms. The highest BCUT2D eigenvalue weighted by molar-refractivity contribution is 5.82. The van der Waals surface area contributed by atoms with Crippen LogP contribution in [0.3, 0.4) is 0 Å². The summed E-state index contributed by atoms with van der Waals surface area (Å²) in [6.45, 7) is 6.68. The summed E-state index contributed by atoms with van der Waals surface area (Å²) >= 11 is 0. The van der Waals surface area contributed by atoms with Crippen LogP contribution >= 0.6 is 0 Å². The number of ketones is 1. The predicted molar refractivity (Wildman–Crippen MR) is 143 cm³/mol. The third-order valence-corrected chi connectivity index (χ3v) is 6.71. The Bertz CT molecular complexity index is 1290. The Hall–Kier alpha value is -3.56. The smallest absolute Gasteiger partial charge is 0.149 e. The number of methoxy groups -OCH3 is 1. The standard InChI is InChI=1S/C31H32N2O3/c1-22-16-27(19-33-14-15-36-21-31(33)23(2)34)28(20-35-3)17-26(22)13-12-25-10-7-11-29(30(25)18-32)24-8-5-4-6-9-24/h4-13,16-17,31H,14-15,19-21H2,1-3H3/b13-12+/t31-/m0/s1. The van der Waals surface area contributed by atoms with Crippen LogP contribution < -0.4 is 0 Å². The molecule has 1 aliphatic rings. The Morgan fingerprint density at radius 3 is 2.61 bits per heavy atom. The molecule has 5 heteroatoms. The Kier molecular flexibility index (Phi) is 8.45. The van der Waals surface area contributed by atoms with E-state index in [1.807, 2.05) is 54.6 Å². The van der Waals surface area contributed by atoms with E-state index >= 15 is 0 Å². The monoisotopic (exact) mass is 480 g/mol. The van der Waals surface area contributed by atoms with Crippen LogP contribution in [0.2, 0.25) is 0 Å². The topological polar surface area (TPSA) is 62.6 Å². The molecule has 0 N–H and O–H groups in total. The molecule has 0 radical (unpaired) electrons. The second-order valence-electron chi connectivity index (χ2n) is 9.16. The SMILES string of the molecule is COCc1cc(/C=C/c2cccc(-c3ccccc3)c2C#N)c(C)cc1CN1CCOC[C@H]1C(C)=O. The number of ether oxygens (including phenoxy) is 2. The molecule has 3 aromatic rings. The van der Waals surface area contributed by atoms with Crippen molar-refractivity contribution in [2.75, 3.05) is 26.9 Å². The normalized spacial score (nSPS) is 16.2. The summed E-state index contributed by atoms with van der Waals surface area (Å²) < 4.78 is 11.1. The van der Waals surface area contributed by atoms with Crippen molar-refractivity contribution in [3.8, 4) is 17.2 Å². The molecule has 0 unspecified atom stereocenters. The summed E-state index contributed by atoms with van der Waals surface area (Å²) in [5.74, 6) is 0.130. The molecule has 184 valence electrons. The number of rotatable bonds is 8. The number of Topliss-reactive ketones (excluding diaryl/α,β-unsaturated/α-hetero) is 1. The van der Waals surface area contributed by atoms with Crippen molar-refractivity contribution in [2.45, 2.75) is 33.0 Å². The molecule has 0 aromatic heterocycles. The third-order valence-electron chi connectivity index (χ3n) is 6.71. The largest absolute Gasteiger partial charge is 0.380 e. The summed E-state index contributed by atoms with van der Waals surface area (Å²) in [7, 11) is 1.69. The van der Waals surface area contributed by atoms with Crippen molar-refractivity contribution in [2.24, 2.45) is 0 Å². The average molecular weight is 481 g/mol. The van der Waals surface area contributed by atoms with Crippen LogP contribution in [0.1, 0.15) is 40.3 Å². The van der Waals surface area contributed by atoms with E-state index < -0.39 is 0 Å². The van der Waals surface area contributed by atoms with Gasteiger partial charge in [-0.15, -0.1) is 0 Å². The van der Waals surface area contributed by atoms with Crippen LogP contribution in [0.15, 0.2) is 60.7 Å². The van der Waals surface area contributed by atoms with Gasteiger partial charge in [0.05, 0.1) is 31.4 Å². The van der Waals surface area contributed by atoms with Gasteiger partial charge >= 0.3 is 0 Å². The van der Waals surface area contributed by atoms with Gasteiger partial charge in [-0.3, -0.25) is 9.69 Å². The molecule has 1 saturated heterocycles. The van der Waals surface area contributed by atoms with E-state index in [9.17, 15) is 10.1 Å². The number of benzene rings is 3. The molecule has 1 atom stereocenters. The molecule has 36 heavy (non-hydrogen) atoms. The highest BCUT2D eigenvalue weighted by atomic mass is 16.5. The van der Waals surface area contributed by atoms with Gasteiger partial charge in [0, 0.05) is 25.8 Å². The zero-order valence-corrected chi connectivity index (χ0v) is 21.2. The predicted octanol–water partition coefficient (Wildman–Crippen LogP) is 5.64. The van der Waals surface area contributed by atoms with Gasteiger partial charge in [0.2, 0.25) is 0 Å². The van der Waals surface area contributed by atoms with Gasteiger partial charge < -0.3 is 9.47 Å². The van der Waals surface area contributed by atoms with Gasteiger partial charge in [0.15, 0.2) is 0 Å². The van der Waals surface area contributed by atoms with Gasteiger partial charge in [0.1, 0.15) is 11.9 Å². The van der Waals surface area contributed by atoms with Crippen LogP contribution in [0.4, 0.5) is 0 Å². The van der Waals surface area contributed by atoms with Crippen LogP contribution in [-0.4, -0.2) is 43.6 Å². The molecular weight excluding hydrogens is 448 g/mol. The minimum Gasteiger partial charge on any atom is -0.380 e. The van der Waals surface area contributed by atoms with Crippen LogP contribution in [-0.2, 0) is 27.4 Å². The van der Waals surface area contributed by atoms with E-state index in [1.54, 1.807) is 14.0 Å². The first-order valence-electron chi connectivity index (χ1n) is 12.2. The van der Waals surface area contributed by atoms with Crippen molar-refractivity contribution in [3.63, 3.8) is 0 Å². The van der Waals surface area contributed by atoms with E-state index in [1.165, 1.54) is 0 Å². The lowest BCUT2D eigenvalue weighted by Crippen LogP contribution is -2.48. The first kappa shape index (κ1) is 25.5. The zero-order valence-electron chi connectivity index (χ0n) is 21.2. The summed E-state index contributed by atoms with van der Waals surface area (Å²) in [5, 5.41) is 9.94. The van der Waals surface area contributed by atoms with Gasteiger partial charge in [-0.05, 0) is 53.3 Å². The van der Waals surface area contributed by atoms with Crippen molar-refractivity contribution in [1.82, 2.24) is 4.90 Å². The number of carbonyl (C=O) groups is 1. The van der Waals surface area contributed by atoms with E-state index in [2.05, 4.69) is 36.1 Å². The molecule has 1 heterocycles. The maximum Gasteiger partial charge on any atom is 0.149 e. The molecule has 1 fully saturated rings. The lowest BCUT2D eigenvalue weighted by molar-refractivity contribution is -0.128. The molecule has 1 aliphatic heterocycles. The Morgan fingerprint density at radius 2 is 1.89 bits per heavy atom. The number of hydrogen-bond donors (Lipinski definition) is 0. The molecule has 0 amide bonds. The van der Waals surface area contributed by atoms with Crippen LogP contribution in [0.5, 0.6) is 0 Å². The highest BCUT2D eigenvalue weighted by Crippen LogP contribution is 2.28. The van der Waals surface area contributed by atoms with Gasteiger partial charge in [-0.2, -0.15) is 5.26 Å². The van der Waals surface area contributed by atoms with E-state index in [4.69, 9.17) is 9.47 Å². The van der Waals surface area contributed by atoms with Gasteiger partial charge in [-0.25, -0.2) is 0 Å². The molecule has 0 spiro atoms. The summed E-state index contributed by atoms with van der Waals surface area (Å²) in [5.41, 5.74) is 7.95.